The van der Waals surface area contributed by atoms with Crippen LogP contribution in [0.25, 0.3) is 0 Å². The fourth-order valence-electron chi connectivity index (χ4n) is 1.15. The summed E-state index contributed by atoms with van der Waals surface area (Å²) >= 11 is 0. The summed E-state index contributed by atoms with van der Waals surface area (Å²) in [6.07, 6.45) is 0. The molecule has 0 aliphatic heterocycles. The van der Waals surface area contributed by atoms with Crippen LogP contribution < -0.4 is 0 Å². The first-order valence-corrected chi connectivity index (χ1v) is 5.37. The van der Waals surface area contributed by atoms with Gasteiger partial charge in [-0.05, 0) is 26.3 Å². The smallest absolute Gasteiger partial charge is 0.330 e. The Bertz CT molecular complexity index is 341. The predicted molar refractivity (Wildman–Crippen MR) is 63.5 cm³/mol. The van der Waals surface area contributed by atoms with Crippen molar-refractivity contribution in [2.24, 2.45) is 5.41 Å². The van der Waals surface area contributed by atoms with Gasteiger partial charge in [0.15, 0.2) is 0 Å². The van der Waals surface area contributed by atoms with Gasteiger partial charge < -0.3 is 4.84 Å². The van der Waals surface area contributed by atoms with E-state index in [1.54, 1.807) is 12.1 Å². The number of hydroxylamine groups is 2. The number of carbonyl (C=O) groups excluding carboxylic acids is 1. The molecule has 1 aromatic rings. The number of carbonyl (C=O) groups is 1. The third-order valence-corrected chi connectivity index (χ3v) is 2.10. The predicted octanol–water partition coefficient (Wildman–Crippen LogP) is 2.62. The molecule has 0 spiro atoms. The molecule has 3 nitrogen and oxygen atoms in total. The number of hydrogen-bond donors (Lipinski definition) is 0. The van der Waals surface area contributed by atoms with E-state index in [4.69, 9.17) is 4.84 Å². The maximum atomic E-state index is 11.6. The summed E-state index contributed by atoms with van der Waals surface area (Å²) in [6.45, 7) is 6.12. The summed E-state index contributed by atoms with van der Waals surface area (Å²) in [5.41, 5.74) is 0.650. The van der Waals surface area contributed by atoms with Crippen LogP contribution in [0.2, 0.25) is 0 Å². The van der Waals surface area contributed by atoms with E-state index >= 15 is 0 Å². The molecule has 0 saturated heterocycles. The van der Waals surface area contributed by atoms with E-state index in [-0.39, 0.29) is 5.97 Å². The highest BCUT2D eigenvalue weighted by Gasteiger charge is 2.24. The van der Waals surface area contributed by atoms with Gasteiger partial charge in [-0.1, -0.05) is 30.3 Å². The number of benzene rings is 1. The molecule has 0 saturated carbocycles. The Morgan fingerprint density at radius 3 is 2.31 bits per heavy atom. The van der Waals surface area contributed by atoms with Gasteiger partial charge in [0.1, 0.15) is 0 Å². The largest absolute Gasteiger partial charge is 0.367 e. The van der Waals surface area contributed by atoms with Crippen LogP contribution in [0.4, 0.5) is 0 Å². The van der Waals surface area contributed by atoms with Gasteiger partial charge in [-0.2, -0.15) is 0 Å². The molecule has 1 aromatic carbocycles. The first kappa shape index (κ1) is 12.7. The molecule has 0 heterocycles. The molecule has 0 bridgehead atoms. The molecule has 0 fully saturated rings. The minimum Gasteiger partial charge on any atom is -0.367 e. The average molecular weight is 221 g/mol. The minimum atomic E-state index is -0.467. The summed E-state index contributed by atoms with van der Waals surface area (Å²) in [5.74, 6) is -0.217. The van der Waals surface area contributed by atoms with Crippen LogP contribution in [0.15, 0.2) is 30.3 Å². The topological polar surface area (TPSA) is 29.5 Å². The third-order valence-electron chi connectivity index (χ3n) is 2.10. The molecule has 0 amide bonds. The molecule has 1 rings (SSSR count). The van der Waals surface area contributed by atoms with Gasteiger partial charge in [0, 0.05) is 7.05 Å². The van der Waals surface area contributed by atoms with Crippen LogP contribution >= 0.6 is 0 Å². The van der Waals surface area contributed by atoms with Crippen molar-refractivity contribution in [2.75, 3.05) is 7.05 Å². The van der Waals surface area contributed by atoms with Crippen LogP contribution in [0.3, 0.4) is 0 Å². The van der Waals surface area contributed by atoms with E-state index in [0.29, 0.717) is 6.54 Å². The maximum absolute atomic E-state index is 11.6. The van der Waals surface area contributed by atoms with E-state index < -0.39 is 5.41 Å². The lowest BCUT2D eigenvalue weighted by atomic mass is 9.98. The van der Waals surface area contributed by atoms with E-state index in [0.717, 1.165) is 5.56 Å². The molecule has 0 aliphatic rings. The van der Waals surface area contributed by atoms with Crippen molar-refractivity contribution >= 4 is 5.97 Å². The standard InChI is InChI=1S/C13H19NO2/c1-13(2,3)12(15)16-14(4)10-11-8-6-5-7-9-11/h5-9H,10H2,1-4H3. The Morgan fingerprint density at radius 2 is 1.81 bits per heavy atom. The van der Waals surface area contributed by atoms with Crippen LogP contribution in [-0.2, 0) is 16.2 Å². The van der Waals surface area contributed by atoms with Gasteiger partial charge in [-0.3, -0.25) is 0 Å². The maximum Gasteiger partial charge on any atom is 0.330 e. The summed E-state index contributed by atoms with van der Waals surface area (Å²) in [7, 11) is 1.76. The van der Waals surface area contributed by atoms with Gasteiger partial charge in [0.2, 0.25) is 0 Å². The minimum absolute atomic E-state index is 0.217. The van der Waals surface area contributed by atoms with Gasteiger partial charge in [-0.15, -0.1) is 5.06 Å². The SMILES string of the molecule is CN(Cc1ccccc1)OC(=O)C(C)(C)C. The average Bonchev–Trinajstić information content (AvgIpc) is 2.17. The summed E-state index contributed by atoms with van der Waals surface area (Å²) in [6, 6.07) is 9.90. The molecule has 0 atom stereocenters. The van der Waals surface area contributed by atoms with Crippen molar-refractivity contribution in [1.29, 1.82) is 0 Å². The second-order valence-electron chi connectivity index (χ2n) is 4.90. The van der Waals surface area contributed by atoms with Gasteiger partial charge in [-0.25, -0.2) is 4.79 Å². The second kappa shape index (κ2) is 5.12. The molecule has 0 unspecified atom stereocenters. The molecule has 0 aromatic heterocycles. The molecule has 0 N–H and O–H groups in total. The molecular formula is C13H19NO2. The number of nitrogens with zero attached hydrogens (tertiary/aromatic N) is 1. The first-order valence-electron chi connectivity index (χ1n) is 5.37. The second-order valence-corrected chi connectivity index (χ2v) is 4.90. The Balaban J connectivity index is 2.49. The highest BCUT2D eigenvalue weighted by atomic mass is 16.7. The fraction of sp³-hybridized carbons (Fsp3) is 0.462. The van der Waals surface area contributed by atoms with E-state index in [9.17, 15) is 4.79 Å². The molecule has 0 radical (unpaired) electrons. The van der Waals surface area contributed by atoms with Crippen molar-refractivity contribution in [3.8, 4) is 0 Å². The summed E-state index contributed by atoms with van der Waals surface area (Å²) in [5, 5.41) is 1.56. The summed E-state index contributed by atoms with van der Waals surface area (Å²) < 4.78 is 0. The Hall–Kier alpha value is -1.35. The Morgan fingerprint density at radius 1 is 1.25 bits per heavy atom. The quantitative estimate of drug-likeness (QED) is 0.735. The van der Waals surface area contributed by atoms with Crippen molar-refractivity contribution in [3.05, 3.63) is 35.9 Å². The van der Waals surface area contributed by atoms with E-state index in [1.165, 1.54) is 0 Å². The lowest BCUT2D eigenvalue weighted by Gasteiger charge is -2.22. The Kier molecular flexibility index (Phi) is 4.07. The van der Waals surface area contributed by atoms with Gasteiger partial charge in [0.05, 0.1) is 12.0 Å². The molecule has 88 valence electrons. The number of rotatable bonds is 3. The molecular weight excluding hydrogens is 202 g/mol. The zero-order chi connectivity index (χ0) is 12.2. The molecule has 16 heavy (non-hydrogen) atoms. The van der Waals surface area contributed by atoms with Crippen LogP contribution in [0.5, 0.6) is 0 Å². The third kappa shape index (κ3) is 4.03. The highest BCUT2D eigenvalue weighted by Crippen LogP contribution is 2.16. The highest BCUT2D eigenvalue weighted by molar-refractivity contribution is 5.75. The van der Waals surface area contributed by atoms with Crippen molar-refractivity contribution in [2.45, 2.75) is 27.3 Å². The van der Waals surface area contributed by atoms with E-state index in [1.807, 2.05) is 51.1 Å². The van der Waals surface area contributed by atoms with Gasteiger partial charge >= 0.3 is 5.97 Å². The lowest BCUT2D eigenvalue weighted by molar-refractivity contribution is -0.196. The van der Waals surface area contributed by atoms with Gasteiger partial charge in [0.25, 0.3) is 0 Å². The van der Waals surface area contributed by atoms with Crippen molar-refractivity contribution in [3.63, 3.8) is 0 Å². The lowest BCUT2D eigenvalue weighted by Crippen LogP contribution is -2.30. The van der Waals surface area contributed by atoms with Crippen LogP contribution in [0, 0.1) is 5.41 Å². The summed E-state index contributed by atoms with van der Waals surface area (Å²) in [4.78, 5) is 16.8. The van der Waals surface area contributed by atoms with Crippen LogP contribution in [0.1, 0.15) is 26.3 Å². The van der Waals surface area contributed by atoms with Crippen LogP contribution in [-0.4, -0.2) is 18.1 Å². The zero-order valence-corrected chi connectivity index (χ0v) is 10.4. The van der Waals surface area contributed by atoms with E-state index in [2.05, 4.69) is 0 Å². The fourth-order valence-corrected chi connectivity index (χ4v) is 1.15. The number of hydrogen-bond acceptors (Lipinski definition) is 3. The normalized spacial score (nSPS) is 11.6. The zero-order valence-electron chi connectivity index (χ0n) is 10.4. The first-order chi connectivity index (χ1) is 7.39. The van der Waals surface area contributed by atoms with Crippen molar-refractivity contribution in [1.82, 2.24) is 5.06 Å². The Labute approximate surface area is 97.0 Å². The monoisotopic (exact) mass is 221 g/mol. The molecule has 0 aliphatic carbocycles. The van der Waals surface area contributed by atoms with Crippen molar-refractivity contribution < 1.29 is 9.63 Å². The molecule has 3 heteroatoms.